The molecule has 2 N–H and O–H groups in total. The molecule has 2 fully saturated rings. The van der Waals surface area contributed by atoms with Crippen molar-refractivity contribution in [1.29, 1.82) is 0 Å². The maximum absolute atomic E-state index is 12.7. The van der Waals surface area contributed by atoms with Gasteiger partial charge in [-0.25, -0.2) is 8.42 Å². The molecule has 0 radical (unpaired) electrons. The van der Waals surface area contributed by atoms with E-state index in [1.54, 1.807) is 4.90 Å². The molecule has 1 aliphatic carbocycles. The van der Waals surface area contributed by atoms with Gasteiger partial charge in [0.15, 0.2) is 0 Å². The lowest BCUT2D eigenvalue weighted by atomic mass is 9.83. The highest BCUT2D eigenvalue weighted by Crippen LogP contribution is 2.38. The van der Waals surface area contributed by atoms with Crippen LogP contribution in [0.3, 0.4) is 0 Å². The van der Waals surface area contributed by atoms with Gasteiger partial charge in [-0.2, -0.15) is 4.31 Å². The first-order valence-corrected chi connectivity index (χ1v) is 9.45. The maximum atomic E-state index is 12.7. The predicted molar refractivity (Wildman–Crippen MR) is 82.2 cm³/mol. The van der Waals surface area contributed by atoms with Crippen molar-refractivity contribution in [1.82, 2.24) is 9.21 Å². The molecule has 2 atom stereocenters. The minimum atomic E-state index is -3.16. The Hall–Kier alpha value is -0.660. The van der Waals surface area contributed by atoms with Gasteiger partial charge < -0.3 is 10.6 Å². The number of nitrogens with two attached hydrogens (primary N) is 1. The Morgan fingerprint density at radius 1 is 1.29 bits per heavy atom. The molecular formula is C14H27N3O3S. The van der Waals surface area contributed by atoms with Crippen molar-refractivity contribution < 1.29 is 13.2 Å². The normalized spacial score (nSPS) is 31.6. The second kappa shape index (κ2) is 6.22. The van der Waals surface area contributed by atoms with Gasteiger partial charge in [-0.3, -0.25) is 4.79 Å². The molecule has 0 aromatic heterocycles. The molecule has 2 unspecified atom stereocenters. The van der Waals surface area contributed by atoms with Gasteiger partial charge in [-0.05, 0) is 26.2 Å². The van der Waals surface area contributed by atoms with Crippen LogP contribution in [0.1, 0.15) is 39.5 Å². The number of amides is 1. The van der Waals surface area contributed by atoms with Crippen LogP contribution in [0.4, 0.5) is 0 Å². The van der Waals surface area contributed by atoms with Gasteiger partial charge in [0.25, 0.3) is 0 Å². The van der Waals surface area contributed by atoms with Crippen LogP contribution in [-0.2, 0) is 14.8 Å². The molecule has 1 heterocycles. The molecule has 0 aromatic rings. The SMILES string of the molecule is CCCS(=O)(=O)N1CCN(C(=O)C2(C)CCCC2N)CC1. The van der Waals surface area contributed by atoms with E-state index in [9.17, 15) is 13.2 Å². The Morgan fingerprint density at radius 3 is 2.38 bits per heavy atom. The molecule has 1 saturated heterocycles. The molecule has 1 saturated carbocycles. The summed E-state index contributed by atoms with van der Waals surface area (Å²) in [6.07, 6.45) is 3.34. The van der Waals surface area contributed by atoms with Crippen LogP contribution >= 0.6 is 0 Å². The van der Waals surface area contributed by atoms with Crippen molar-refractivity contribution in [3.8, 4) is 0 Å². The van der Waals surface area contributed by atoms with Crippen LogP contribution in [0.2, 0.25) is 0 Å². The fraction of sp³-hybridized carbons (Fsp3) is 0.929. The topological polar surface area (TPSA) is 83.7 Å². The van der Waals surface area contributed by atoms with E-state index >= 15 is 0 Å². The molecule has 0 spiro atoms. The summed E-state index contributed by atoms with van der Waals surface area (Å²) in [5.74, 6) is 0.281. The lowest BCUT2D eigenvalue weighted by Gasteiger charge is -2.39. The van der Waals surface area contributed by atoms with E-state index in [0.717, 1.165) is 19.3 Å². The fourth-order valence-corrected chi connectivity index (χ4v) is 4.87. The summed E-state index contributed by atoms with van der Waals surface area (Å²) < 4.78 is 25.6. The Kier molecular flexibility index (Phi) is 4.95. The van der Waals surface area contributed by atoms with Crippen molar-refractivity contribution >= 4 is 15.9 Å². The van der Waals surface area contributed by atoms with Crippen LogP contribution in [0, 0.1) is 5.41 Å². The molecular weight excluding hydrogens is 290 g/mol. The average Bonchev–Trinajstić information content (AvgIpc) is 2.79. The quantitative estimate of drug-likeness (QED) is 0.813. The van der Waals surface area contributed by atoms with E-state index in [1.165, 1.54) is 4.31 Å². The summed E-state index contributed by atoms with van der Waals surface area (Å²) in [5.41, 5.74) is 5.64. The van der Waals surface area contributed by atoms with Gasteiger partial charge in [-0.1, -0.05) is 13.3 Å². The van der Waals surface area contributed by atoms with Crippen LogP contribution in [0.15, 0.2) is 0 Å². The summed E-state index contributed by atoms with van der Waals surface area (Å²) in [6, 6.07) is -0.0770. The number of carbonyl (C=O) groups excluding carboxylic acids is 1. The lowest BCUT2D eigenvalue weighted by molar-refractivity contribution is -0.142. The van der Waals surface area contributed by atoms with Gasteiger partial charge in [0.05, 0.1) is 11.2 Å². The van der Waals surface area contributed by atoms with E-state index in [2.05, 4.69) is 0 Å². The zero-order chi connectivity index (χ0) is 15.7. The first kappa shape index (κ1) is 16.7. The molecule has 1 amide bonds. The zero-order valence-corrected chi connectivity index (χ0v) is 13.9. The van der Waals surface area contributed by atoms with Crippen molar-refractivity contribution in [3.63, 3.8) is 0 Å². The summed E-state index contributed by atoms with van der Waals surface area (Å²) in [4.78, 5) is 14.5. The smallest absolute Gasteiger partial charge is 0.230 e. The third-order valence-electron chi connectivity index (χ3n) is 4.90. The van der Waals surface area contributed by atoms with Gasteiger partial charge in [0.2, 0.25) is 15.9 Å². The molecule has 21 heavy (non-hydrogen) atoms. The minimum absolute atomic E-state index is 0.0770. The largest absolute Gasteiger partial charge is 0.340 e. The molecule has 6 nitrogen and oxygen atoms in total. The third kappa shape index (κ3) is 3.24. The zero-order valence-electron chi connectivity index (χ0n) is 13.0. The lowest BCUT2D eigenvalue weighted by Crippen LogP contribution is -2.56. The first-order chi connectivity index (χ1) is 9.81. The minimum Gasteiger partial charge on any atom is -0.340 e. The van der Waals surface area contributed by atoms with Crippen LogP contribution in [-0.4, -0.2) is 61.5 Å². The van der Waals surface area contributed by atoms with E-state index in [4.69, 9.17) is 5.73 Å². The Balaban J connectivity index is 1.97. The summed E-state index contributed by atoms with van der Waals surface area (Å²) in [6.45, 7) is 5.57. The monoisotopic (exact) mass is 317 g/mol. The number of sulfonamides is 1. The standard InChI is InChI=1S/C14H27N3O3S/c1-3-11-21(19,20)17-9-7-16(8-10-17)13(18)14(2)6-4-5-12(14)15/h12H,3-11,15H2,1-2H3. The second-order valence-corrected chi connectivity index (χ2v) is 8.51. The summed E-state index contributed by atoms with van der Waals surface area (Å²) in [5, 5.41) is 0. The third-order valence-corrected chi connectivity index (χ3v) is 6.98. The molecule has 7 heteroatoms. The maximum Gasteiger partial charge on any atom is 0.230 e. The highest BCUT2D eigenvalue weighted by atomic mass is 32.2. The fourth-order valence-electron chi connectivity index (χ4n) is 3.38. The van der Waals surface area contributed by atoms with Crippen molar-refractivity contribution in [3.05, 3.63) is 0 Å². The number of hydrogen-bond donors (Lipinski definition) is 1. The van der Waals surface area contributed by atoms with Gasteiger partial charge in [-0.15, -0.1) is 0 Å². The van der Waals surface area contributed by atoms with E-state index < -0.39 is 15.4 Å². The summed E-state index contributed by atoms with van der Waals surface area (Å²) >= 11 is 0. The van der Waals surface area contributed by atoms with Crippen molar-refractivity contribution in [2.75, 3.05) is 31.9 Å². The van der Waals surface area contributed by atoms with Gasteiger partial charge in [0, 0.05) is 32.2 Å². The number of hydrogen-bond acceptors (Lipinski definition) is 4. The Labute approximate surface area is 127 Å². The highest BCUT2D eigenvalue weighted by Gasteiger charge is 2.45. The molecule has 1 aliphatic heterocycles. The molecule has 122 valence electrons. The van der Waals surface area contributed by atoms with Gasteiger partial charge >= 0.3 is 0 Å². The second-order valence-electron chi connectivity index (χ2n) is 6.42. The molecule has 0 aromatic carbocycles. The highest BCUT2D eigenvalue weighted by molar-refractivity contribution is 7.89. The number of nitrogens with zero attached hydrogens (tertiary/aromatic N) is 2. The van der Waals surface area contributed by atoms with E-state index in [0.29, 0.717) is 32.6 Å². The first-order valence-electron chi connectivity index (χ1n) is 7.84. The van der Waals surface area contributed by atoms with Gasteiger partial charge in [0.1, 0.15) is 0 Å². The van der Waals surface area contributed by atoms with Crippen LogP contribution in [0.5, 0.6) is 0 Å². The predicted octanol–water partition coefficient (Wildman–Crippen LogP) is 0.388. The van der Waals surface area contributed by atoms with Crippen LogP contribution in [0.25, 0.3) is 0 Å². The van der Waals surface area contributed by atoms with Crippen LogP contribution < -0.4 is 5.73 Å². The van der Waals surface area contributed by atoms with Crippen molar-refractivity contribution in [2.24, 2.45) is 11.1 Å². The molecule has 0 bridgehead atoms. The van der Waals surface area contributed by atoms with E-state index in [1.807, 2.05) is 13.8 Å². The Morgan fingerprint density at radius 2 is 1.90 bits per heavy atom. The number of carbonyl (C=O) groups is 1. The van der Waals surface area contributed by atoms with Crippen molar-refractivity contribution in [2.45, 2.75) is 45.6 Å². The summed E-state index contributed by atoms with van der Waals surface area (Å²) in [7, 11) is -3.16. The molecule has 2 rings (SSSR count). The molecule has 2 aliphatic rings. The Bertz CT molecular complexity index is 486. The number of rotatable bonds is 4. The average molecular weight is 317 g/mol. The van der Waals surface area contributed by atoms with E-state index in [-0.39, 0.29) is 17.7 Å². The number of piperazine rings is 1.